The van der Waals surface area contributed by atoms with Crippen molar-refractivity contribution in [2.24, 2.45) is 0 Å². The van der Waals surface area contributed by atoms with E-state index in [9.17, 15) is 0 Å². The maximum absolute atomic E-state index is 2.49. The van der Waals surface area contributed by atoms with Crippen LogP contribution in [0.1, 0.15) is 29.7 Å². The van der Waals surface area contributed by atoms with Crippen molar-refractivity contribution >= 4 is 16.9 Å². The minimum Gasteiger partial charge on any atom is -0.300 e. The number of rotatable bonds is 3. The summed E-state index contributed by atoms with van der Waals surface area (Å²) in [6.07, 6.45) is 6.43. The molecule has 1 atom stereocenters. The van der Waals surface area contributed by atoms with Crippen LogP contribution in [-0.4, -0.2) is 24.5 Å². The van der Waals surface area contributed by atoms with Crippen LogP contribution in [-0.2, 0) is 0 Å². The first kappa shape index (κ1) is 13.6. The molecule has 20 heavy (non-hydrogen) atoms. The van der Waals surface area contributed by atoms with Crippen LogP contribution in [0.4, 0.5) is 0 Å². The second-order valence-electron chi connectivity index (χ2n) is 5.47. The molecular weight excluding hydrogens is 262 g/mol. The number of hydrogen-bond donors (Lipinski definition) is 0. The molecule has 1 aliphatic rings. The average molecular weight is 283 g/mol. The molecule has 2 aromatic rings. The van der Waals surface area contributed by atoms with Gasteiger partial charge in [0.25, 0.3) is 0 Å². The normalized spacial score (nSPS) is 21.1. The number of benzene rings is 1. The van der Waals surface area contributed by atoms with Crippen molar-refractivity contribution in [3.05, 3.63) is 64.4 Å². The molecule has 104 valence electrons. The van der Waals surface area contributed by atoms with E-state index in [2.05, 4.69) is 65.9 Å². The van der Waals surface area contributed by atoms with E-state index in [1.54, 1.807) is 0 Å². The molecule has 0 saturated carbocycles. The Morgan fingerprint density at radius 2 is 2.00 bits per heavy atom. The van der Waals surface area contributed by atoms with E-state index in [0.717, 1.165) is 0 Å². The fourth-order valence-corrected chi connectivity index (χ4v) is 3.65. The Morgan fingerprint density at radius 1 is 1.15 bits per heavy atom. The van der Waals surface area contributed by atoms with Gasteiger partial charge in [0.05, 0.1) is 0 Å². The second-order valence-corrected chi connectivity index (χ2v) is 6.42. The zero-order chi connectivity index (χ0) is 13.8. The first-order valence-electron chi connectivity index (χ1n) is 7.36. The van der Waals surface area contributed by atoms with E-state index in [-0.39, 0.29) is 0 Å². The van der Waals surface area contributed by atoms with Gasteiger partial charge in [0.1, 0.15) is 0 Å². The van der Waals surface area contributed by atoms with Gasteiger partial charge in [0.15, 0.2) is 0 Å². The molecule has 0 N–H and O–H groups in total. The van der Waals surface area contributed by atoms with Crippen molar-refractivity contribution in [1.82, 2.24) is 4.90 Å². The lowest BCUT2D eigenvalue weighted by molar-refractivity contribution is 0.222. The first-order chi connectivity index (χ1) is 9.84. The van der Waals surface area contributed by atoms with Gasteiger partial charge in [-0.15, -0.1) is 11.3 Å². The number of thiophene rings is 1. The molecule has 1 saturated heterocycles. The highest BCUT2D eigenvalue weighted by Crippen LogP contribution is 2.29. The Hall–Kier alpha value is -1.38. The van der Waals surface area contributed by atoms with Crippen molar-refractivity contribution in [3.63, 3.8) is 0 Å². The van der Waals surface area contributed by atoms with Crippen molar-refractivity contribution in [2.75, 3.05) is 13.6 Å². The second kappa shape index (κ2) is 6.38. The van der Waals surface area contributed by atoms with Crippen LogP contribution in [0.25, 0.3) is 5.57 Å². The molecule has 1 aromatic carbocycles. The fraction of sp³-hybridized carbons (Fsp3) is 0.333. The van der Waals surface area contributed by atoms with E-state index in [1.807, 2.05) is 11.3 Å². The largest absolute Gasteiger partial charge is 0.300 e. The van der Waals surface area contributed by atoms with Crippen molar-refractivity contribution in [3.8, 4) is 0 Å². The molecule has 2 heteroatoms. The van der Waals surface area contributed by atoms with E-state index < -0.39 is 0 Å². The zero-order valence-corrected chi connectivity index (χ0v) is 12.8. The molecule has 0 amide bonds. The Bertz CT molecular complexity index is 556. The standard InChI is InChI=1S/C18H21NS/c1-19-12-6-5-10-16(19)14-17(18-11-7-13-20-18)15-8-3-2-4-9-15/h2-4,7-9,11,13-14,16H,5-6,10,12H2,1H3/b17-14+. The Kier molecular flexibility index (Phi) is 4.34. The summed E-state index contributed by atoms with van der Waals surface area (Å²) in [6, 6.07) is 15.7. The monoisotopic (exact) mass is 283 g/mol. The number of likely N-dealkylation sites (tertiary alicyclic amines) is 1. The molecule has 1 aromatic heterocycles. The zero-order valence-electron chi connectivity index (χ0n) is 12.0. The van der Waals surface area contributed by atoms with Gasteiger partial charge in [-0.3, -0.25) is 4.90 Å². The number of nitrogens with zero attached hydrogens (tertiary/aromatic N) is 1. The van der Waals surface area contributed by atoms with Crippen LogP contribution in [0.2, 0.25) is 0 Å². The highest BCUT2D eigenvalue weighted by Gasteiger charge is 2.18. The van der Waals surface area contributed by atoms with Crippen molar-refractivity contribution in [1.29, 1.82) is 0 Å². The summed E-state index contributed by atoms with van der Waals surface area (Å²) in [5, 5.41) is 2.16. The molecule has 0 radical (unpaired) electrons. The Balaban J connectivity index is 1.97. The van der Waals surface area contributed by atoms with Crippen LogP contribution in [0.3, 0.4) is 0 Å². The maximum atomic E-state index is 2.49. The molecule has 1 aliphatic heterocycles. The number of hydrogen-bond acceptors (Lipinski definition) is 2. The third-order valence-corrected chi connectivity index (χ3v) is 4.96. The molecule has 0 spiro atoms. The van der Waals surface area contributed by atoms with E-state index in [0.29, 0.717) is 6.04 Å². The lowest BCUT2D eigenvalue weighted by Crippen LogP contribution is -2.34. The molecule has 1 unspecified atom stereocenters. The van der Waals surface area contributed by atoms with Crippen LogP contribution < -0.4 is 0 Å². The van der Waals surface area contributed by atoms with Gasteiger partial charge < -0.3 is 0 Å². The minimum absolute atomic E-state index is 0.570. The molecule has 0 bridgehead atoms. The predicted octanol–water partition coefficient (Wildman–Crippen LogP) is 4.66. The Labute approximate surface area is 125 Å². The van der Waals surface area contributed by atoms with Gasteiger partial charge in [-0.25, -0.2) is 0 Å². The van der Waals surface area contributed by atoms with Gasteiger partial charge in [0, 0.05) is 10.9 Å². The molecule has 0 aliphatic carbocycles. The van der Waals surface area contributed by atoms with E-state index in [1.165, 1.54) is 41.8 Å². The van der Waals surface area contributed by atoms with Gasteiger partial charge in [-0.1, -0.05) is 48.9 Å². The molecular formula is C18H21NS. The third kappa shape index (κ3) is 3.02. The van der Waals surface area contributed by atoms with Gasteiger partial charge in [0.2, 0.25) is 0 Å². The minimum atomic E-state index is 0.570. The summed E-state index contributed by atoms with van der Waals surface area (Å²) in [6.45, 7) is 1.22. The molecule has 1 fully saturated rings. The summed E-state index contributed by atoms with van der Waals surface area (Å²) in [4.78, 5) is 3.86. The summed E-state index contributed by atoms with van der Waals surface area (Å²) in [7, 11) is 2.25. The lowest BCUT2D eigenvalue weighted by atomic mass is 9.96. The van der Waals surface area contributed by atoms with E-state index in [4.69, 9.17) is 0 Å². The summed E-state index contributed by atoms with van der Waals surface area (Å²) in [5.74, 6) is 0. The topological polar surface area (TPSA) is 3.24 Å². The predicted molar refractivity (Wildman–Crippen MR) is 88.1 cm³/mol. The molecule has 3 rings (SSSR count). The van der Waals surface area contributed by atoms with Crippen molar-refractivity contribution < 1.29 is 0 Å². The van der Waals surface area contributed by atoms with E-state index >= 15 is 0 Å². The summed E-state index contributed by atoms with van der Waals surface area (Å²) < 4.78 is 0. The van der Waals surface area contributed by atoms with Crippen LogP contribution in [0.15, 0.2) is 53.9 Å². The highest BCUT2D eigenvalue weighted by atomic mass is 32.1. The maximum Gasteiger partial charge on any atom is 0.0346 e. The highest BCUT2D eigenvalue weighted by molar-refractivity contribution is 7.11. The third-order valence-electron chi connectivity index (χ3n) is 4.06. The van der Waals surface area contributed by atoms with Crippen molar-refractivity contribution in [2.45, 2.75) is 25.3 Å². The number of piperidine rings is 1. The first-order valence-corrected chi connectivity index (χ1v) is 8.24. The quantitative estimate of drug-likeness (QED) is 0.791. The van der Waals surface area contributed by atoms with Gasteiger partial charge in [-0.05, 0) is 49.0 Å². The Morgan fingerprint density at radius 3 is 2.70 bits per heavy atom. The van der Waals surface area contributed by atoms with Crippen LogP contribution in [0.5, 0.6) is 0 Å². The van der Waals surface area contributed by atoms with Crippen LogP contribution in [0, 0.1) is 0 Å². The summed E-state index contributed by atoms with van der Waals surface area (Å²) in [5.41, 5.74) is 2.72. The number of likely N-dealkylation sites (N-methyl/N-ethyl adjacent to an activating group) is 1. The SMILES string of the molecule is CN1CCCCC1/C=C(\c1ccccc1)c1cccs1. The lowest BCUT2D eigenvalue weighted by Gasteiger charge is -2.31. The van der Waals surface area contributed by atoms with Gasteiger partial charge >= 0.3 is 0 Å². The van der Waals surface area contributed by atoms with Gasteiger partial charge in [-0.2, -0.15) is 0 Å². The molecule has 1 nitrogen and oxygen atoms in total. The summed E-state index contributed by atoms with van der Waals surface area (Å²) >= 11 is 1.83. The molecule has 2 heterocycles. The van der Waals surface area contributed by atoms with Crippen LogP contribution >= 0.6 is 11.3 Å². The fourth-order valence-electron chi connectivity index (χ4n) is 2.87. The average Bonchev–Trinajstić information content (AvgIpc) is 3.01. The smallest absolute Gasteiger partial charge is 0.0346 e.